The second kappa shape index (κ2) is 9.92. The maximum atomic E-state index is 12.9. The Morgan fingerprint density at radius 3 is 2.33 bits per heavy atom. The van der Waals surface area contributed by atoms with E-state index in [2.05, 4.69) is 85.9 Å². The number of benzene rings is 2. The number of hydrogen-bond donors (Lipinski definition) is 1. The lowest BCUT2D eigenvalue weighted by molar-refractivity contribution is -0.121. The quantitative estimate of drug-likeness (QED) is 0.514. The number of carbonyl (C=O) groups excluding carboxylic acids is 1. The second-order valence-electron chi connectivity index (χ2n) is 9.67. The Bertz CT molecular complexity index is 1110. The molecule has 2 aromatic carbocycles. The Morgan fingerprint density at radius 1 is 1.03 bits per heavy atom. The fourth-order valence-electron chi connectivity index (χ4n) is 4.82. The van der Waals surface area contributed by atoms with E-state index in [0.29, 0.717) is 6.04 Å². The number of aryl methyl sites for hydroxylation is 2. The van der Waals surface area contributed by atoms with Crippen molar-refractivity contribution in [3.05, 3.63) is 71.0 Å². The van der Waals surface area contributed by atoms with Gasteiger partial charge < -0.3 is 5.32 Å². The zero-order valence-corrected chi connectivity index (χ0v) is 20.6. The van der Waals surface area contributed by atoms with E-state index in [1.807, 2.05) is 12.1 Å². The molecule has 0 bridgehead atoms. The van der Waals surface area contributed by atoms with Crippen LogP contribution in [0.1, 0.15) is 55.2 Å². The minimum absolute atomic E-state index is 0.0679. The summed E-state index contributed by atoms with van der Waals surface area (Å²) >= 11 is 0. The number of amides is 1. The van der Waals surface area contributed by atoms with Gasteiger partial charge in [-0.3, -0.25) is 14.4 Å². The number of hydrogen-bond acceptors (Lipinski definition) is 3. The molecule has 1 N–H and O–H groups in total. The molecule has 0 aliphatic carbocycles. The van der Waals surface area contributed by atoms with Crippen LogP contribution in [-0.2, 0) is 11.3 Å². The van der Waals surface area contributed by atoms with Crippen molar-refractivity contribution in [3.63, 3.8) is 0 Å². The predicted octanol–water partition coefficient (Wildman–Crippen LogP) is 5.91. The molecular weight excluding hydrogens is 408 g/mol. The first-order valence-corrected chi connectivity index (χ1v) is 12.1. The monoisotopic (exact) mass is 444 g/mol. The minimum Gasteiger partial charge on any atom is -0.326 e. The zero-order valence-electron chi connectivity index (χ0n) is 20.6. The van der Waals surface area contributed by atoms with Crippen molar-refractivity contribution in [2.24, 2.45) is 5.92 Å². The first kappa shape index (κ1) is 23.2. The van der Waals surface area contributed by atoms with Crippen molar-refractivity contribution in [1.29, 1.82) is 0 Å². The van der Waals surface area contributed by atoms with Gasteiger partial charge in [-0.25, -0.2) is 0 Å². The zero-order chi connectivity index (χ0) is 23.5. The fraction of sp³-hybridized carbons (Fsp3) is 0.429. The van der Waals surface area contributed by atoms with Crippen LogP contribution in [0, 0.1) is 26.7 Å². The minimum atomic E-state index is 0.0679. The van der Waals surface area contributed by atoms with Crippen molar-refractivity contribution < 1.29 is 4.79 Å². The third-order valence-corrected chi connectivity index (χ3v) is 6.81. The summed E-state index contributed by atoms with van der Waals surface area (Å²) in [5.41, 5.74) is 8.19. The number of nitrogens with zero attached hydrogens (tertiary/aromatic N) is 3. The highest BCUT2D eigenvalue weighted by Gasteiger charge is 2.26. The molecule has 5 nitrogen and oxygen atoms in total. The van der Waals surface area contributed by atoms with Crippen LogP contribution in [0.2, 0.25) is 0 Å². The number of aromatic nitrogens is 2. The van der Waals surface area contributed by atoms with Crippen molar-refractivity contribution >= 4 is 11.6 Å². The molecule has 1 aliphatic rings. The van der Waals surface area contributed by atoms with Crippen molar-refractivity contribution in [1.82, 2.24) is 14.7 Å². The number of piperidine rings is 1. The molecule has 1 aromatic heterocycles. The van der Waals surface area contributed by atoms with E-state index in [-0.39, 0.29) is 11.8 Å². The normalized spacial score (nSPS) is 15.2. The van der Waals surface area contributed by atoms with Crippen LogP contribution in [0.4, 0.5) is 5.69 Å². The molecule has 0 unspecified atom stereocenters. The number of likely N-dealkylation sites (tertiary alicyclic amines) is 1. The molecule has 1 amide bonds. The van der Waals surface area contributed by atoms with Gasteiger partial charge in [0.25, 0.3) is 0 Å². The molecule has 1 fully saturated rings. The topological polar surface area (TPSA) is 50.2 Å². The Hall–Kier alpha value is -2.92. The lowest BCUT2D eigenvalue weighted by Gasteiger charge is -2.31. The smallest absolute Gasteiger partial charge is 0.227 e. The Balaban J connectivity index is 1.31. The van der Waals surface area contributed by atoms with Gasteiger partial charge in [-0.05, 0) is 83.8 Å². The molecule has 2 heterocycles. The van der Waals surface area contributed by atoms with Gasteiger partial charge in [-0.15, -0.1) is 0 Å². The Kier molecular flexibility index (Phi) is 6.99. The molecule has 0 radical (unpaired) electrons. The summed E-state index contributed by atoms with van der Waals surface area (Å²) < 4.78 is 2.12. The van der Waals surface area contributed by atoms with Crippen LogP contribution >= 0.6 is 0 Å². The van der Waals surface area contributed by atoms with E-state index in [1.165, 1.54) is 22.4 Å². The molecule has 174 valence electrons. The molecule has 0 saturated carbocycles. The summed E-state index contributed by atoms with van der Waals surface area (Å²) in [6.45, 7) is 13.5. The third kappa shape index (κ3) is 5.36. The van der Waals surface area contributed by atoms with Gasteiger partial charge in [0.1, 0.15) is 0 Å². The van der Waals surface area contributed by atoms with E-state index in [9.17, 15) is 4.79 Å². The number of anilines is 1. The van der Waals surface area contributed by atoms with Crippen LogP contribution in [0.25, 0.3) is 11.1 Å². The summed E-state index contributed by atoms with van der Waals surface area (Å²) in [5, 5.41) is 7.85. The standard InChI is InChI=1S/C28H36N4O/c1-19(2)32-22(5)27(21(4)30-32)18-31-15-13-24(14-16-31)28(33)29-26-11-9-23(10-12-26)25-8-6-7-20(3)17-25/h6-12,17,19,24H,13-16,18H2,1-5H3,(H,29,33). The van der Waals surface area contributed by atoms with E-state index in [4.69, 9.17) is 5.10 Å². The SMILES string of the molecule is Cc1cccc(-c2ccc(NC(=O)C3CCN(Cc4c(C)nn(C(C)C)c4C)CC3)cc2)c1. The van der Waals surface area contributed by atoms with Gasteiger partial charge in [0.05, 0.1) is 5.69 Å². The molecule has 3 aromatic rings. The van der Waals surface area contributed by atoms with Gasteiger partial charge >= 0.3 is 0 Å². The average molecular weight is 445 g/mol. The van der Waals surface area contributed by atoms with Crippen LogP contribution < -0.4 is 5.32 Å². The van der Waals surface area contributed by atoms with Crippen molar-refractivity contribution in [2.45, 2.75) is 60.0 Å². The van der Waals surface area contributed by atoms with Gasteiger partial charge in [0.15, 0.2) is 0 Å². The van der Waals surface area contributed by atoms with Gasteiger partial charge in [-0.1, -0.05) is 42.0 Å². The average Bonchev–Trinajstić information content (AvgIpc) is 3.08. The maximum Gasteiger partial charge on any atom is 0.227 e. The van der Waals surface area contributed by atoms with E-state index in [1.54, 1.807) is 0 Å². The highest BCUT2D eigenvalue weighted by atomic mass is 16.1. The summed E-state index contributed by atoms with van der Waals surface area (Å²) in [6.07, 6.45) is 1.78. The third-order valence-electron chi connectivity index (χ3n) is 6.81. The maximum absolute atomic E-state index is 12.9. The second-order valence-corrected chi connectivity index (χ2v) is 9.67. The van der Waals surface area contributed by atoms with Gasteiger partial charge in [0.2, 0.25) is 5.91 Å². The fourth-order valence-corrected chi connectivity index (χ4v) is 4.82. The highest BCUT2D eigenvalue weighted by molar-refractivity contribution is 5.92. The van der Waals surface area contributed by atoms with Crippen LogP contribution in [-0.4, -0.2) is 33.7 Å². The van der Waals surface area contributed by atoms with Gasteiger partial charge in [-0.2, -0.15) is 5.10 Å². The lowest BCUT2D eigenvalue weighted by atomic mass is 9.95. The highest BCUT2D eigenvalue weighted by Crippen LogP contribution is 2.26. The van der Waals surface area contributed by atoms with Crippen molar-refractivity contribution in [3.8, 4) is 11.1 Å². The Morgan fingerprint density at radius 2 is 1.73 bits per heavy atom. The molecule has 1 aliphatic heterocycles. The largest absolute Gasteiger partial charge is 0.326 e. The van der Waals surface area contributed by atoms with Crippen LogP contribution in [0.15, 0.2) is 48.5 Å². The molecular formula is C28H36N4O. The molecule has 5 heteroatoms. The molecule has 4 rings (SSSR count). The first-order valence-electron chi connectivity index (χ1n) is 12.1. The number of nitrogens with one attached hydrogen (secondary N) is 1. The molecule has 33 heavy (non-hydrogen) atoms. The molecule has 0 atom stereocenters. The van der Waals surface area contributed by atoms with Gasteiger partial charge in [0, 0.05) is 35.4 Å². The lowest BCUT2D eigenvalue weighted by Crippen LogP contribution is -2.38. The number of carbonyl (C=O) groups is 1. The van der Waals surface area contributed by atoms with Crippen LogP contribution in [0.5, 0.6) is 0 Å². The van der Waals surface area contributed by atoms with E-state index >= 15 is 0 Å². The van der Waals surface area contributed by atoms with Crippen LogP contribution in [0.3, 0.4) is 0 Å². The Labute approximate surface area is 197 Å². The summed E-state index contributed by atoms with van der Waals surface area (Å²) in [4.78, 5) is 15.3. The first-order chi connectivity index (χ1) is 15.8. The summed E-state index contributed by atoms with van der Waals surface area (Å²) in [5.74, 6) is 0.205. The van der Waals surface area contributed by atoms with Crippen molar-refractivity contribution in [2.75, 3.05) is 18.4 Å². The molecule has 0 spiro atoms. The number of rotatable bonds is 6. The summed E-state index contributed by atoms with van der Waals surface area (Å²) in [7, 11) is 0. The predicted molar refractivity (Wildman–Crippen MR) is 135 cm³/mol. The van der Waals surface area contributed by atoms with E-state index in [0.717, 1.165) is 49.4 Å². The van der Waals surface area contributed by atoms with E-state index < -0.39 is 0 Å². The molecule has 1 saturated heterocycles. The summed E-state index contributed by atoms with van der Waals surface area (Å²) in [6, 6.07) is 17.0.